The highest BCUT2D eigenvalue weighted by molar-refractivity contribution is 5.80. The predicted molar refractivity (Wildman–Crippen MR) is 65.1 cm³/mol. The van der Waals surface area contributed by atoms with Gasteiger partial charge in [-0.15, -0.1) is 0 Å². The molecule has 1 atom stereocenters. The van der Waals surface area contributed by atoms with Crippen LogP contribution >= 0.6 is 0 Å². The molecule has 0 aromatic heterocycles. The van der Waals surface area contributed by atoms with E-state index in [2.05, 4.69) is 36.4 Å². The van der Waals surface area contributed by atoms with E-state index in [-0.39, 0.29) is 18.1 Å². The molecule has 0 spiro atoms. The Morgan fingerprint density at radius 2 is 2.00 bits per heavy atom. The average molecular weight is 215 g/mol. The molecule has 4 heteroatoms. The lowest BCUT2D eigenvalue weighted by molar-refractivity contribution is 0.241. The molecular formula is C11H25N3O. The first kappa shape index (κ1) is 14.2. The van der Waals surface area contributed by atoms with Crippen LogP contribution < -0.4 is 10.6 Å². The van der Waals surface area contributed by atoms with Crippen molar-refractivity contribution in [2.24, 2.45) is 10.9 Å². The van der Waals surface area contributed by atoms with Crippen molar-refractivity contribution < 1.29 is 5.11 Å². The summed E-state index contributed by atoms with van der Waals surface area (Å²) in [5, 5.41) is 15.4. The van der Waals surface area contributed by atoms with Crippen LogP contribution in [0.15, 0.2) is 4.99 Å². The van der Waals surface area contributed by atoms with Crippen molar-refractivity contribution in [2.45, 2.75) is 40.2 Å². The molecule has 0 saturated heterocycles. The second-order valence-electron chi connectivity index (χ2n) is 4.88. The fraction of sp³-hybridized carbons (Fsp3) is 0.909. The van der Waals surface area contributed by atoms with Gasteiger partial charge in [0.2, 0.25) is 0 Å². The van der Waals surface area contributed by atoms with Gasteiger partial charge in [-0.25, -0.2) is 0 Å². The van der Waals surface area contributed by atoms with E-state index in [9.17, 15) is 0 Å². The Labute approximate surface area is 93.2 Å². The summed E-state index contributed by atoms with van der Waals surface area (Å²) in [5.74, 6) is 1.02. The third-order valence-electron chi connectivity index (χ3n) is 1.71. The zero-order chi connectivity index (χ0) is 11.9. The fourth-order valence-corrected chi connectivity index (χ4v) is 0.967. The zero-order valence-electron chi connectivity index (χ0n) is 10.6. The second kappa shape index (κ2) is 6.67. The van der Waals surface area contributed by atoms with E-state index in [1.165, 1.54) is 0 Å². The molecule has 4 nitrogen and oxygen atoms in total. The summed E-state index contributed by atoms with van der Waals surface area (Å²) >= 11 is 0. The third-order valence-corrected chi connectivity index (χ3v) is 1.71. The summed E-state index contributed by atoms with van der Waals surface area (Å²) in [6, 6.07) is 0. The number of guanidine groups is 1. The number of hydrogen-bond acceptors (Lipinski definition) is 2. The highest BCUT2D eigenvalue weighted by Gasteiger charge is 2.11. The first-order chi connectivity index (χ1) is 6.89. The molecule has 0 bridgehead atoms. The highest BCUT2D eigenvalue weighted by atomic mass is 16.3. The number of nitrogens with zero attached hydrogens (tertiary/aromatic N) is 1. The number of aliphatic hydroxyl groups excluding tert-OH is 1. The van der Waals surface area contributed by atoms with Gasteiger partial charge in [-0.05, 0) is 33.6 Å². The van der Waals surface area contributed by atoms with Gasteiger partial charge in [0.25, 0.3) is 0 Å². The Hall–Kier alpha value is -0.770. The van der Waals surface area contributed by atoms with E-state index >= 15 is 0 Å². The second-order valence-corrected chi connectivity index (χ2v) is 4.88. The molecule has 0 fully saturated rings. The molecule has 90 valence electrons. The van der Waals surface area contributed by atoms with Gasteiger partial charge in [0, 0.05) is 25.2 Å². The van der Waals surface area contributed by atoms with Gasteiger partial charge in [-0.1, -0.05) is 6.92 Å². The van der Waals surface area contributed by atoms with E-state index in [0.29, 0.717) is 6.54 Å². The summed E-state index contributed by atoms with van der Waals surface area (Å²) in [5.41, 5.74) is 0.00343. The Balaban J connectivity index is 4.25. The van der Waals surface area contributed by atoms with Crippen LogP contribution in [0.2, 0.25) is 0 Å². The Morgan fingerprint density at radius 3 is 2.40 bits per heavy atom. The van der Waals surface area contributed by atoms with Gasteiger partial charge < -0.3 is 15.7 Å². The van der Waals surface area contributed by atoms with Gasteiger partial charge in [0.15, 0.2) is 5.96 Å². The van der Waals surface area contributed by atoms with E-state index < -0.39 is 0 Å². The van der Waals surface area contributed by atoms with Crippen molar-refractivity contribution in [3.05, 3.63) is 0 Å². The van der Waals surface area contributed by atoms with Crippen LogP contribution in [0.3, 0.4) is 0 Å². The number of rotatable bonds is 4. The predicted octanol–water partition coefficient (Wildman–Crippen LogP) is 0.968. The third kappa shape index (κ3) is 8.24. The smallest absolute Gasteiger partial charge is 0.191 e. The van der Waals surface area contributed by atoms with Gasteiger partial charge in [0.05, 0.1) is 0 Å². The van der Waals surface area contributed by atoms with E-state index in [1.54, 1.807) is 0 Å². The van der Waals surface area contributed by atoms with Crippen molar-refractivity contribution in [1.29, 1.82) is 0 Å². The maximum atomic E-state index is 8.90. The number of hydrogen-bond donors (Lipinski definition) is 3. The van der Waals surface area contributed by atoms with Crippen molar-refractivity contribution in [3.8, 4) is 0 Å². The minimum atomic E-state index is 0.00343. The fourth-order valence-electron chi connectivity index (χ4n) is 0.967. The lowest BCUT2D eigenvalue weighted by atomic mass is 10.1. The van der Waals surface area contributed by atoms with Crippen LogP contribution in [0, 0.1) is 5.92 Å². The number of aliphatic hydroxyl groups is 1. The Kier molecular flexibility index (Phi) is 6.32. The normalized spacial score (nSPS) is 14.9. The summed E-state index contributed by atoms with van der Waals surface area (Å²) < 4.78 is 0. The molecule has 0 saturated carbocycles. The monoisotopic (exact) mass is 215 g/mol. The standard InChI is InChI=1S/C11H25N3O/c1-6-12-10(14-11(3,4)5)13-7-9(2)8-15/h9,15H,6-8H2,1-5H3,(H2,12,13,14). The van der Waals surface area contributed by atoms with Gasteiger partial charge >= 0.3 is 0 Å². The molecule has 0 aliphatic heterocycles. The van der Waals surface area contributed by atoms with Crippen molar-refractivity contribution >= 4 is 5.96 Å². The van der Waals surface area contributed by atoms with Gasteiger partial charge in [-0.2, -0.15) is 0 Å². The molecule has 0 rings (SSSR count). The Bertz CT molecular complexity index is 196. The maximum absolute atomic E-state index is 8.90. The average Bonchev–Trinajstić information content (AvgIpc) is 2.11. The van der Waals surface area contributed by atoms with Crippen LogP contribution in [0.4, 0.5) is 0 Å². The molecule has 3 N–H and O–H groups in total. The van der Waals surface area contributed by atoms with Crippen LogP contribution in [0.25, 0.3) is 0 Å². The van der Waals surface area contributed by atoms with Crippen molar-refractivity contribution in [3.63, 3.8) is 0 Å². The molecule has 0 radical (unpaired) electrons. The summed E-state index contributed by atoms with van der Waals surface area (Å²) in [4.78, 5) is 4.40. The van der Waals surface area contributed by atoms with Crippen molar-refractivity contribution in [1.82, 2.24) is 10.6 Å². The highest BCUT2D eigenvalue weighted by Crippen LogP contribution is 1.99. The van der Waals surface area contributed by atoms with Crippen molar-refractivity contribution in [2.75, 3.05) is 19.7 Å². The lowest BCUT2D eigenvalue weighted by Crippen LogP contribution is -2.47. The quantitative estimate of drug-likeness (QED) is 0.484. The van der Waals surface area contributed by atoms with E-state index in [0.717, 1.165) is 12.5 Å². The number of nitrogens with one attached hydrogen (secondary N) is 2. The number of aliphatic imine (C=N–C) groups is 1. The van der Waals surface area contributed by atoms with E-state index in [1.807, 2.05) is 13.8 Å². The molecule has 0 aromatic carbocycles. The molecule has 0 aliphatic carbocycles. The van der Waals surface area contributed by atoms with Crippen LogP contribution in [-0.4, -0.2) is 36.3 Å². The lowest BCUT2D eigenvalue weighted by Gasteiger charge is -2.24. The molecule has 0 aromatic rings. The maximum Gasteiger partial charge on any atom is 0.191 e. The first-order valence-corrected chi connectivity index (χ1v) is 5.56. The molecule has 0 aliphatic rings. The van der Waals surface area contributed by atoms with E-state index in [4.69, 9.17) is 5.11 Å². The van der Waals surface area contributed by atoms with Gasteiger partial charge in [0.1, 0.15) is 0 Å². The molecule has 15 heavy (non-hydrogen) atoms. The SMILES string of the molecule is CCNC(=NCC(C)CO)NC(C)(C)C. The molecule has 1 unspecified atom stereocenters. The zero-order valence-corrected chi connectivity index (χ0v) is 10.6. The van der Waals surface area contributed by atoms with Gasteiger partial charge in [-0.3, -0.25) is 4.99 Å². The minimum Gasteiger partial charge on any atom is -0.396 e. The molecular weight excluding hydrogens is 190 g/mol. The summed E-state index contributed by atoms with van der Waals surface area (Å²) in [6.45, 7) is 12.0. The summed E-state index contributed by atoms with van der Waals surface area (Å²) in [7, 11) is 0. The first-order valence-electron chi connectivity index (χ1n) is 5.56. The topological polar surface area (TPSA) is 56.7 Å². The van der Waals surface area contributed by atoms with Crippen LogP contribution in [0.5, 0.6) is 0 Å². The minimum absolute atomic E-state index is 0.00343. The Morgan fingerprint density at radius 1 is 1.40 bits per heavy atom. The molecule has 0 amide bonds. The largest absolute Gasteiger partial charge is 0.396 e. The van der Waals surface area contributed by atoms with Crippen LogP contribution in [0.1, 0.15) is 34.6 Å². The summed E-state index contributed by atoms with van der Waals surface area (Å²) in [6.07, 6.45) is 0. The molecule has 0 heterocycles. The van der Waals surface area contributed by atoms with Crippen LogP contribution in [-0.2, 0) is 0 Å².